The van der Waals surface area contributed by atoms with E-state index in [9.17, 15) is 10.1 Å². The highest BCUT2D eigenvalue weighted by molar-refractivity contribution is 5.83. The molecule has 21 heavy (non-hydrogen) atoms. The van der Waals surface area contributed by atoms with Gasteiger partial charge in [0, 0.05) is 12.1 Å². The van der Waals surface area contributed by atoms with Crippen LogP contribution in [0.4, 0.5) is 5.69 Å². The molecule has 0 saturated carbocycles. The molecule has 0 bridgehead atoms. The van der Waals surface area contributed by atoms with Gasteiger partial charge in [-0.1, -0.05) is 54.6 Å². The molecule has 2 aliphatic rings. The van der Waals surface area contributed by atoms with E-state index in [1.165, 1.54) is 23.3 Å². The second kappa shape index (κ2) is 5.59. The van der Waals surface area contributed by atoms with Gasteiger partial charge in [-0.25, -0.2) is 0 Å². The molecule has 0 spiro atoms. The molecule has 102 valence electrons. The Bertz CT molecular complexity index is 775. The fourth-order valence-corrected chi connectivity index (χ4v) is 2.28. The van der Waals surface area contributed by atoms with Crippen LogP contribution >= 0.6 is 0 Å². The van der Waals surface area contributed by atoms with E-state index in [-0.39, 0.29) is 5.69 Å². The second-order valence-corrected chi connectivity index (χ2v) is 4.75. The van der Waals surface area contributed by atoms with E-state index in [4.69, 9.17) is 0 Å². The highest BCUT2D eigenvalue weighted by Crippen LogP contribution is 2.28. The van der Waals surface area contributed by atoms with Crippen LogP contribution in [0.1, 0.15) is 11.1 Å². The van der Waals surface area contributed by atoms with Crippen molar-refractivity contribution >= 4 is 17.8 Å². The Balaban J connectivity index is 1.87. The monoisotopic (exact) mass is 275 g/mol. The van der Waals surface area contributed by atoms with E-state index < -0.39 is 4.92 Å². The minimum atomic E-state index is -0.391. The predicted octanol–water partition coefficient (Wildman–Crippen LogP) is 4.87. The Kier molecular flexibility index (Phi) is 3.48. The largest absolute Gasteiger partial charge is 0.269 e. The Morgan fingerprint density at radius 3 is 2.33 bits per heavy atom. The molecule has 1 aromatic carbocycles. The Hall–Kier alpha value is -2.94. The topological polar surface area (TPSA) is 43.1 Å². The van der Waals surface area contributed by atoms with Gasteiger partial charge in [0.05, 0.1) is 4.92 Å². The molecule has 0 N–H and O–H groups in total. The number of hydrogen-bond donors (Lipinski definition) is 0. The van der Waals surface area contributed by atoms with Crippen molar-refractivity contribution < 1.29 is 4.92 Å². The van der Waals surface area contributed by atoms with Gasteiger partial charge in [-0.05, 0) is 34.4 Å². The predicted molar refractivity (Wildman–Crippen MR) is 85.1 cm³/mol. The van der Waals surface area contributed by atoms with Gasteiger partial charge in [-0.15, -0.1) is 0 Å². The second-order valence-electron chi connectivity index (χ2n) is 4.75. The number of rotatable bonds is 3. The fourth-order valence-electron chi connectivity index (χ4n) is 2.28. The maximum Gasteiger partial charge on any atom is 0.269 e. The number of nitrogens with zero attached hydrogens (tertiary/aromatic N) is 1. The van der Waals surface area contributed by atoms with Crippen LogP contribution in [0.25, 0.3) is 23.3 Å². The van der Waals surface area contributed by atoms with E-state index in [0.717, 1.165) is 11.1 Å². The molecule has 0 fully saturated rings. The molecular weight excluding hydrogens is 262 g/mol. The zero-order valence-corrected chi connectivity index (χ0v) is 11.3. The van der Waals surface area contributed by atoms with Crippen molar-refractivity contribution in [3.05, 3.63) is 88.0 Å². The summed E-state index contributed by atoms with van der Waals surface area (Å²) in [5, 5.41) is 10.6. The first-order valence-electron chi connectivity index (χ1n) is 6.64. The minimum absolute atomic E-state index is 0.109. The zero-order chi connectivity index (χ0) is 14.7. The van der Waals surface area contributed by atoms with Crippen molar-refractivity contribution in [2.24, 2.45) is 0 Å². The van der Waals surface area contributed by atoms with Crippen LogP contribution in [0.3, 0.4) is 0 Å². The highest BCUT2D eigenvalue weighted by atomic mass is 16.6. The first-order valence-corrected chi connectivity index (χ1v) is 6.64. The van der Waals surface area contributed by atoms with Crippen LogP contribution in [-0.4, -0.2) is 4.92 Å². The van der Waals surface area contributed by atoms with E-state index >= 15 is 0 Å². The van der Waals surface area contributed by atoms with Gasteiger partial charge in [0.1, 0.15) is 0 Å². The number of benzene rings is 1. The normalized spacial score (nSPS) is 11.0. The smallest absolute Gasteiger partial charge is 0.258 e. The van der Waals surface area contributed by atoms with Gasteiger partial charge in [0.15, 0.2) is 0 Å². The number of hydrogen-bond acceptors (Lipinski definition) is 2. The maximum atomic E-state index is 10.6. The van der Waals surface area contributed by atoms with Gasteiger partial charge >= 0.3 is 0 Å². The Morgan fingerprint density at radius 1 is 0.810 bits per heavy atom. The lowest BCUT2D eigenvalue weighted by Crippen LogP contribution is -1.86. The molecule has 0 aromatic heterocycles. The van der Waals surface area contributed by atoms with E-state index in [1.54, 1.807) is 12.1 Å². The van der Waals surface area contributed by atoms with Crippen LogP contribution in [0.2, 0.25) is 0 Å². The fraction of sp³-hybridized carbons (Fsp3) is 0. The average Bonchev–Trinajstić information content (AvgIpc) is 2.72. The molecule has 0 radical (unpaired) electrons. The third kappa shape index (κ3) is 2.82. The first kappa shape index (κ1) is 13.1. The first-order chi connectivity index (χ1) is 10.2. The highest BCUT2D eigenvalue weighted by Gasteiger charge is 2.05. The number of non-ortho nitro benzene ring substituents is 1. The molecule has 3 nitrogen and oxygen atoms in total. The third-order valence-electron chi connectivity index (χ3n) is 3.38. The van der Waals surface area contributed by atoms with Crippen molar-refractivity contribution in [3.8, 4) is 11.1 Å². The van der Waals surface area contributed by atoms with Gasteiger partial charge in [0.2, 0.25) is 0 Å². The molecule has 0 atom stereocenters. The van der Waals surface area contributed by atoms with Crippen molar-refractivity contribution in [3.63, 3.8) is 0 Å². The van der Waals surface area contributed by atoms with Crippen molar-refractivity contribution in [2.75, 3.05) is 0 Å². The summed E-state index contributed by atoms with van der Waals surface area (Å²) in [4.78, 5) is 10.2. The molecule has 3 heteroatoms. The lowest BCUT2D eigenvalue weighted by Gasteiger charge is -1.96. The average molecular weight is 275 g/mol. The summed E-state index contributed by atoms with van der Waals surface area (Å²) in [6, 6.07) is 20.9. The molecular formula is C18H13NO2. The molecule has 0 saturated heterocycles. The lowest BCUT2D eigenvalue weighted by molar-refractivity contribution is -0.384. The lowest BCUT2D eigenvalue weighted by atomic mass is 10.1. The molecule has 0 amide bonds. The van der Waals surface area contributed by atoms with Gasteiger partial charge < -0.3 is 0 Å². The zero-order valence-electron chi connectivity index (χ0n) is 11.3. The SMILES string of the molecule is O=[N+]([O-])c1ccc(C=Cc2ccc3cccccc2-3)cc1. The summed E-state index contributed by atoms with van der Waals surface area (Å²) in [6.07, 6.45) is 4.00. The number of fused-ring (bicyclic) bond motifs is 1. The molecule has 2 aliphatic carbocycles. The van der Waals surface area contributed by atoms with Crippen LogP contribution < -0.4 is 0 Å². The maximum absolute atomic E-state index is 10.6. The quantitative estimate of drug-likeness (QED) is 0.505. The van der Waals surface area contributed by atoms with Crippen LogP contribution in [0.5, 0.6) is 0 Å². The minimum Gasteiger partial charge on any atom is -0.258 e. The number of nitro groups is 1. The van der Waals surface area contributed by atoms with Crippen LogP contribution in [0.15, 0.2) is 66.7 Å². The summed E-state index contributed by atoms with van der Waals surface area (Å²) in [5.74, 6) is 0. The van der Waals surface area contributed by atoms with E-state index in [1.807, 2.05) is 30.4 Å². The Morgan fingerprint density at radius 2 is 1.57 bits per heavy atom. The summed E-state index contributed by atoms with van der Waals surface area (Å²) < 4.78 is 0. The molecule has 0 heterocycles. The Labute approximate surface area is 122 Å². The van der Waals surface area contributed by atoms with E-state index in [2.05, 4.69) is 24.3 Å². The molecule has 0 aliphatic heterocycles. The van der Waals surface area contributed by atoms with Gasteiger partial charge in [-0.3, -0.25) is 10.1 Å². The summed E-state index contributed by atoms with van der Waals surface area (Å²) in [5.41, 5.74) is 4.58. The van der Waals surface area contributed by atoms with Gasteiger partial charge in [0.25, 0.3) is 5.69 Å². The molecule has 1 aromatic rings. The van der Waals surface area contributed by atoms with Crippen LogP contribution in [-0.2, 0) is 0 Å². The third-order valence-corrected chi connectivity index (χ3v) is 3.38. The standard InChI is InChI=1S/C18H13NO2/c20-19(21)17-12-7-14(8-13-17)6-9-16-11-10-15-4-2-1-3-5-18(15)16/h1-13H. The van der Waals surface area contributed by atoms with Gasteiger partial charge in [-0.2, -0.15) is 0 Å². The molecule has 0 unspecified atom stereocenters. The van der Waals surface area contributed by atoms with Crippen LogP contribution in [0, 0.1) is 10.1 Å². The summed E-state index contributed by atoms with van der Waals surface area (Å²) in [7, 11) is 0. The molecule has 3 rings (SSSR count). The number of nitro benzene ring substituents is 1. The summed E-state index contributed by atoms with van der Waals surface area (Å²) >= 11 is 0. The van der Waals surface area contributed by atoms with E-state index in [0.29, 0.717) is 0 Å². The van der Waals surface area contributed by atoms with Crippen molar-refractivity contribution in [1.29, 1.82) is 0 Å². The van der Waals surface area contributed by atoms with Crippen molar-refractivity contribution in [1.82, 2.24) is 0 Å². The summed E-state index contributed by atoms with van der Waals surface area (Å²) in [6.45, 7) is 0. The van der Waals surface area contributed by atoms with Crippen molar-refractivity contribution in [2.45, 2.75) is 0 Å².